The molecule has 0 fully saturated rings. The van der Waals surface area contributed by atoms with Crippen LogP contribution in [-0.2, 0) is 0 Å². The molecule has 0 radical (unpaired) electrons. The molecule has 2 unspecified atom stereocenters. The summed E-state index contributed by atoms with van der Waals surface area (Å²) < 4.78 is 5.52. The fourth-order valence-corrected chi connectivity index (χ4v) is 2.32. The largest absolute Gasteiger partial charge is 0.464 e. The van der Waals surface area contributed by atoms with Crippen LogP contribution >= 0.6 is 0 Å². The maximum Gasteiger partial charge on any atom is 0.134 e. The summed E-state index contributed by atoms with van der Waals surface area (Å²) in [7, 11) is 0. The van der Waals surface area contributed by atoms with Crippen LogP contribution in [0.2, 0.25) is 0 Å². The second-order valence-electron chi connectivity index (χ2n) is 4.86. The third-order valence-electron chi connectivity index (χ3n) is 3.46. The van der Waals surface area contributed by atoms with E-state index in [0.29, 0.717) is 12.5 Å². The Morgan fingerprint density at radius 1 is 1.24 bits per heavy atom. The SMILES string of the molecule is CC(C)C(CN)C(N)c1coc2ccccc12. The quantitative estimate of drug-likeness (QED) is 0.851. The summed E-state index contributed by atoms with van der Waals surface area (Å²) in [5.41, 5.74) is 14.1. The second kappa shape index (κ2) is 4.90. The molecule has 0 saturated heterocycles. The number of para-hydroxylation sites is 1. The van der Waals surface area contributed by atoms with E-state index >= 15 is 0 Å². The first-order valence-electron chi connectivity index (χ1n) is 6.07. The molecule has 0 bridgehead atoms. The Kier molecular flexibility index (Phi) is 3.50. The summed E-state index contributed by atoms with van der Waals surface area (Å²) in [6.45, 7) is 4.90. The van der Waals surface area contributed by atoms with E-state index < -0.39 is 0 Å². The van der Waals surface area contributed by atoms with Gasteiger partial charge in [-0.2, -0.15) is 0 Å². The Bertz CT molecular complexity index is 490. The molecule has 0 saturated carbocycles. The molecular formula is C14H20N2O. The molecule has 2 atom stereocenters. The van der Waals surface area contributed by atoms with Crippen LogP contribution in [0.25, 0.3) is 11.0 Å². The third kappa shape index (κ3) is 2.21. The van der Waals surface area contributed by atoms with Gasteiger partial charge in [0, 0.05) is 17.0 Å². The topological polar surface area (TPSA) is 65.2 Å². The van der Waals surface area contributed by atoms with E-state index in [2.05, 4.69) is 13.8 Å². The van der Waals surface area contributed by atoms with Crippen molar-refractivity contribution in [2.45, 2.75) is 19.9 Å². The van der Waals surface area contributed by atoms with Crippen molar-refractivity contribution in [3.8, 4) is 0 Å². The molecule has 0 aliphatic carbocycles. The minimum Gasteiger partial charge on any atom is -0.464 e. The Labute approximate surface area is 102 Å². The summed E-state index contributed by atoms with van der Waals surface area (Å²) in [6.07, 6.45) is 1.76. The number of hydrogen-bond acceptors (Lipinski definition) is 3. The number of benzene rings is 1. The van der Waals surface area contributed by atoms with E-state index in [4.69, 9.17) is 15.9 Å². The average Bonchev–Trinajstić information content (AvgIpc) is 2.72. The first-order chi connectivity index (χ1) is 8.15. The van der Waals surface area contributed by atoms with E-state index in [-0.39, 0.29) is 12.0 Å². The lowest BCUT2D eigenvalue weighted by Crippen LogP contribution is -2.31. The highest BCUT2D eigenvalue weighted by atomic mass is 16.3. The minimum absolute atomic E-state index is 0.0661. The Balaban J connectivity index is 2.39. The molecule has 4 N–H and O–H groups in total. The maximum atomic E-state index is 6.32. The van der Waals surface area contributed by atoms with E-state index in [9.17, 15) is 0 Å². The Morgan fingerprint density at radius 3 is 2.59 bits per heavy atom. The zero-order chi connectivity index (χ0) is 12.4. The minimum atomic E-state index is -0.0661. The molecule has 3 nitrogen and oxygen atoms in total. The van der Waals surface area contributed by atoms with Crippen LogP contribution in [0.5, 0.6) is 0 Å². The number of hydrogen-bond donors (Lipinski definition) is 2. The van der Waals surface area contributed by atoms with Gasteiger partial charge in [0.25, 0.3) is 0 Å². The Hall–Kier alpha value is -1.32. The van der Waals surface area contributed by atoms with Crippen LogP contribution in [0.1, 0.15) is 25.5 Å². The molecule has 1 aromatic carbocycles. The zero-order valence-corrected chi connectivity index (χ0v) is 10.4. The van der Waals surface area contributed by atoms with Crippen molar-refractivity contribution in [3.05, 3.63) is 36.1 Å². The van der Waals surface area contributed by atoms with Gasteiger partial charge in [0.1, 0.15) is 5.58 Å². The normalized spacial score (nSPS) is 15.4. The molecular weight excluding hydrogens is 212 g/mol. The molecule has 2 rings (SSSR count). The first-order valence-corrected chi connectivity index (χ1v) is 6.07. The zero-order valence-electron chi connectivity index (χ0n) is 10.4. The third-order valence-corrected chi connectivity index (χ3v) is 3.46. The van der Waals surface area contributed by atoms with E-state index in [1.807, 2.05) is 24.3 Å². The molecule has 0 amide bonds. The van der Waals surface area contributed by atoms with Gasteiger partial charge in [-0.25, -0.2) is 0 Å². The standard InChI is InChI=1S/C14H20N2O/c1-9(2)11(7-15)14(16)12-8-17-13-6-4-3-5-10(12)13/h3-6,8-9,11,14H,7,15-16H2,1-2H3. The second-order valence-corrected chi connectivity index (χ2v) is 4.86. The van der Waals surface area contributed by atoms with Crippen LogP contribution in [0.3, 0.4) is 0 Å². The van der Waals surface area contributed by atoms with Crippen LogP contribution in [-0.4, -0.2) is 6.54 Å². The van der Waals surface area contributed by atoms with Crippen LogP contribution < -0.4 is 11.5 Å². The molecule has 2 aromatic rings. The predicted molar refractivity (Wildman–Crippen MR) is 70.5 cm³/mol. The first kappa shape index (κ1) is 12.1. The van der Waals surface area contributed by atoms with Crippen molar-refractivity contribution in [2.75, 3.05) is 6.54 Å². The van der Waals surface area contributed by atoms with Gasteiger partial charge in [-0.15, -0.1) is 0 Å². The number of nitrogens with two attached hydrogens (primary N) is 2. The maximum absolute atomic E-state index is 6.32. The highest BCUT2D eigenvalue weighted by molar-refractivity contribution is 5.81. The number of furan rings is 1. The van der Waals surface area contributed by atoms with Crippen LogP contribution in [0.15, 0.2) is 34.9 Å². The van der Waals surface area contributed by atoms with E-state index in [1.54, 1.807) is 6.26 Å². The van der Waals surface area contributed by atoms with E-state index in [1.165, 1.54) is 0 Å². The highest BCUT2D eigenvalue weighted by Crippen LogP contribution is 2.31. The van der Waals surface area contributed by atoms with Crippen molar-refractivity contribution in [3.63, 3.8) is 0 Å². The molecule has 0 spiro atoms. The predicted octanol–water partition coefficient (Wildman–Crippen LogP) is 2.66. The summed E-state index contributed by atoms with van der Waals surface area (Å²) in [5.74, 6) is 0.736. The van der Waals surface area contributed by atoms with Gasteiger partial charge < -0.3 is 15.9 Å². The summed E-state index contributed by atoms with van der Waals surface area (Å²) in [6, 6.07) is 7.90. The highest BCUT2D eigenvalue weighted by Gasteiger charge is 2.24. The van der Waals surface area contributed by atoms with Crippen molar-refractivity contribution in [1.29, 1.82) is 0 Å². The monoisotopic (exact) mass is 232 g/mol. The van der Waals surface area contributed by atoms with Gasteiger partial charge in [-0.05, 0) is 24.4 Å². The van der Waals surface area contributed by atoms with Gasteiger partial charge >= 0.3 is 0 Å². The average molecular weight is 232 g/mol. The van der Waals surface area contributed by atoms with Gasteiger partial charge in [-0.1, -0.05) is 32.0 Å². The van der Waals surface area contributed by atoms with Gasteiger partial charge in [-0.3, -0.25) is 0 Å². The van der Waals surface area contributed by atoms with Gasteiger partial charge in [0.05, 0.1) is 6.26 Å². The molecule has 1 heterocycles. The van der Waals surface area contributed by atoms with Crippen molar-refractivity contribution in [1.82, 2.24) is 0 Å². The molecule has 0 aliphatic heterocycles. The summed E-state index contributed by atoms with van der Waals surface area (Å²) in [4.78, 5) is 0. The van der Waals surface area contributed by atoms with Gasteiger partial charge in [0.15, 0.2) is 0 Å². The fraction of sp³-hybridized carbons (Fsp3) is 0.429. The molecule has 3 heteroatoms. The van der Waals surface area contributed by atoms with E-state index in [0.717, 1.165) is 16.5 Å². The van der Waals surface area contributed by atoms with Crippen LogP contribution in [0, 0.1) is 11.8 Å². The fourth-order valence-electron chi connectivity index (χ4n) is 2.32. The smallest absolute Gasteiger partial charge is 0.134 e. The van der Waals surface area contributed by atoms with Crippen molar-refractivity contribution < 1.29 is 4.42 Å². The number of fused-ring (bicyclic) bond motifs is 1. The summed E-state index contributed by atoms with van der Waals surface area (Å²) in [5, 5.41) is 1.10. The Morgan fingerprint density at radius 2 is 1.94 bits per heavy atom. The molecule has 1 aromatic heterocycles. The van der Waals surface area contributed by atoms with Crippen molar-refractivity contribution >= 4 is 11.0 Å². The lowest BCUT2D eigenvalue weighted by molar-refractivity contribution is 0.331. The lowest BCUT2D eigenvalue weighted by Gasteiger charge is -2.25. The molecule has 92 valence electrons. The van der Waals surface area contributed by atoms with Gasteiger partial charge in [0.2, 0.25) is 0 Å². The summed E-state index contributed by atoms with van der Waals surface area (Å²) >= 11 is 0. The van der Waals surface area contributed by atoms with Crippen LogP contribution in [0.4, 0.5) is 0 Å². The van der Waals surface area contributed by atoms with Crippen molar-refractivity contribution in [2.24, 2.45) is 23.3 Å². The number of rotatable bonds is 4. The molecule has 0 aliphatic rings. The molecule has 17 heavy (non-hydrogen) atoms. The lowest BCUT2D eigenvalue weighted by atomic mass is 9.85.